The lowest BCUT2D eigenvalue weighted by Gasteiger charge is -2.28. The number of fused-ring (bicyclic) bond motifs is 1. The zero-order valence-electron chi connectivity index (χ0n) is 17.8. The number of ether oxygens (including phenoxy) is 1. The molecule has 2 aromatic carbocycles. The minimum Gasteiger partial charge on any atom is -0.452 e. The summed E-state index contributed by atoms with van der Waals surface area (Å²) in [6.45, 7) is 0.114. The number of hydrogen-bond donors (Lipinski definition) is 1. The maximum atomic E-state index is 13.0. The molecule has 0 saturated carbocycles. The Morgan fingerprint density at radius 2 is 1.76 bits per heavy atom. The number of hydrogen-bond acceptors (Lipinski definition) is 7. The van der Waals surface area contributed by atoms with Crippen molar-refractivity contribution in [2.24, 2.45) is 0 Å². The third kappa shape index (κ3) is 5.43. The second-order valence-corrected chi connectivity index (χ2v) is 12.3. The van der Waals surface area contributed by atoms with Crippen molar-refractivity contribution in [3.05, 3.63) is 65.2 Å². The first-order chi connectivity index (χ1) is 15.6. The van der Waals surface area contributed by atoms with Crippen molar-refractivity contribution >= 4 is 31.7 Å². The van der Waals surface area contributed by atoms with Crippen LogP contribution in [-0.4, -0.2) is 63.7 Å². The van der Waals surface area contributed by atoms with Gasteiger partial charge in [0.2, 0.25) is 10.0 Å². The van der Waals surface area contributed by atoms with Crippen molar-refractivity contribution in [3.63, 3.8) is 0 Å². The van der Waals surface area contributed by atoms with E-state index in [4.69, 9.17) is 4.74 Å². The number of carbonyl (C=O) groups is 2. The summed E-state index contributed by atoms with van der Waals surface area (Å²) in [5.41, 5.74) is 2.22. The van der Waals surface area contributed by atoms with Crippen molar-refractivity contribution in [3.8, 4) is 0 Å². The molecule has 0 unspecified atom stereocenters. The molecule has 176 valence electrons. The van der Waals surface area contributed by atoms with E-state index < -0.39 is 44.4 Å². The molecule has 9 nitrogen and oxygen atoms in total. The topological polar surface area (TPSA) is 127 Å². The summed E-state index contributed by atoms with van der Waals surface area (Å²) in [6.07, 6.45) is 0.967. The van der Waals surface area contributed by atoms with Crippen molar-refractivity contribution in [2.45, 2.75) is 30.3 Å². The van der Waals surface area contributed by atoms with E-state index in [1.165, 1.54) is 28.6 Å². The zero-order chi connectivity index (χ0) is 23.6. The number of nitrogens with one attached hydrogen (secondary N) is 1. The Kier molecular flexibility index (Phi) is 6.55. The first kappa shape index (κ1) is 23.4. The molecule has 0 aromatic heterocycles. The van der Waals surface area contributed by atoms with E-state index in [-0.39, 0.29) is 22.0 Å². The number of carbonyl (C=O) groups excluding carboxylic acids is 2. The van der Waals surface area contributed by atoms with Crippen molar-refractivity contribution < 1.29 is 31.2 Å². The summed E-state index contributed by atoms with van der Waals surface area (Å²) in [5, 5.41) is 2.53. The van der Waals surface area contributed by atoms with Gasteiger partial charge in [-0.15, -0.1) is 0 Å². The minimum absolute atomic E-state index is 0.0247. The average Bonchev–Trinajstić information content (AvgIpc) is 3.15. The number of benzene rings is 2. The number of sulfone groups is 1. The van der Waals surface area contributed by atoms with Gasteiger partial charge in [-0.2, -0.15) is 4.31 Å². The van der Waals surface area contributed by atoms with E-state index in [0.717, 1.165) is 11.1 Å². The van der Waals surface area contributed by atoms with Gasteiger partial charge in [0.15, 0.2) is 16.4 Å². The average molecular weight is 493 g/mol. The SMILES string of the molecule is O=C(COC(=O)c1ccc(S(=O)(=O)N2CCc3ccccc3C2)cc1)N[C@@H]1CCS(=O)(=O)C1. The summed E-state index contributed by atoms with van der Waals surface area (Å²) in [4.78, 5) is 24.2. The van der Waals surface area contributed by atoms with Crippen LogP contribution in [0, 0.1) is 0 Å². The van der Waals surface area contributed by atoms with Gasteiger partial charge < -0.3 is 10.1 Å². The predicted molar refractivity (Wildman–Crippen MR) is 120 cm³/mol. The van der Waals surface area contributed by atoms with E-state index in [1.54, 1.807) is 0 Å². The summed E-state index contributed by atoms with van der Waals surface area (Å²) >= 11 is 0. The molecule has 11 heteroatoms. The van der Waals surface area contributed by atoms with Gasteiger partial charge in [0.25, 0.3) is 5.91 Å². The van der Waals surface area contributed by atoms with Crippen LogP contribution in [0.25, 0.3) is 0 Å². The fourth-order valence-corrected chi connectivity index (χ4v) is 7.07. The maximum Gasteiger partial charge on any atom is 0.338 e. The standard InChI is InChI=1S/C22H24N2O7S2/c25-21(23-19-10-12-32(27,28)15-19)14-31-22(26)17-5-7-20(8-6-17)33(29,30)24-11-9-16-3-1-2-4-18(16)13-24/h1-8,19H,9-15H2,(H,23,25)/t19-/m1/s1. The second kappa shape index (κ2) is 9.24. The van der Waals surface area contributed by atoms with Gasteiger partial charge in [-0.25, -0.2) is 21.6 Å². The molecule has 2 aromatic rings. The third-order valence-electron chi connectivity index (χ3n) is 5.76. The van der Waals surface area contributed by atoms with Crippen LogP contribution in [0.5, 0.6) is 0 Å². The summed E-state index contributed by atoms with van der Waals surface area (Å²) in [5.74, 6) is -1.46. The summed E-state index contributed by atoms with van der Waals surface area (Å²) in [6, 6.07) is 12.6. The molecule has 0 radical (unpaired) electrons. The molecule has 1 atom stereocenters. The van der Waals surface area contributed by atoms with E-state index in [9.17, 15) is 26.4 Å². The Bertz CT molecular complexity index is 1270. The van der Waals surface area contributed by atoms with Crippen LogP contribution in [0.3, 0.4) is 0 Å². The second-order valence-electron chi connectivity index (χ2n) is 8.13. The molecule has 2 aliphatic rings. The number of rotatable bonds is 6. The molecule has 1 N–H and O–H groups in total. The van der Waals surface area contributed by atoms with E-state index in [2.05, 4.69) is 5.32 Å². The number of esters is 1. The highest BCUT2D eigenvalue weighted by Crippen LogP contribution is 2.25. The van der Waals surface area contributed by atoms with Gasteiger partial charge in [-0.3, -0.25) is 4.79 Å². The number of nitrogens with zero attached hydrogens (tertiary/aromatic N) is 1. The Hall–Kier alpha value is -2.76. The maximum absolute atomic E-state index is 13.0. The van der Waals surface area contributed by atoms with Gasteiger partial charge in [0.1, 0.15) is 0 Å². The Labute approximate surface area is 192 Å². The van der Waals surface area contributed by atoms with Crippen molar-refractivity contribution in [2.75, 3.05) is 24.7 Å². The number of amides is 1. The lowest BCUT2D eigenvalue weighted by molar-refractivity contribution is -0.124. The van der Waals surface area contributed by atoms with E-state index in [1.807, 2.05) is 24.3 Å². The zero-order valence-corrected chi connectivity index (χ0v) is 19.4. The Morgan fingerprint density at radius 1 is 1.06 bits per heavy atom. The molecular formula is C22H24N2O7S2. The lowest BCUT2D eigenvalue weighted by atomic mass is 10.0. The van der Waals surface area contributed by atoms with Gasteiger partial charge >= 0.3 is 5.97 Å². The third-order valence-corrected chi connectivity index (χ3v) is 9.38. The van der Waals surface area contributed by atoms with Gasteiger partial charge in [-0.1, -0.05) is 24.3 Å². The minimum atomic E-state index is -3.73. The first-order valence-corrected chi connectivity index (χ1v) is 13.7. The van der Waals surface area contributed by atoms with Gasteiger partial charge in [-0.05, 0) is 48.2 Å². The van der Waals surface area contributed by atoms with Crippen LogP contribution in [0.4, 0.5) is 0 Å². The fourth-order valence-electron chi connectivity index (χ4n) is 3.98. The first-order valence-electron chi connectivity index (χ1n) is 10.5. The normalized spacial score (nSPS) is 20.1. The largest absolute Gasteiger partial charge is 0.452 e. The summed E-state index contributed by atoms with van der Waals surface area (Å²) < 4.78 is 55.3. The molecule has 0 aliphatic carbocycles. The predicted octanol–water partition coefficient (Wildman–Crippen LogP) is 0.894. The van der Waals surface area contributed by atoms with Crippen molar-refractivity contribution in [1.29, 1.82) is 0 Å². The van der Waals surface area contributed by atoms with Gasteiger partial charge in [0, 0.05) is 19.1 Å². The van der Waals surface area contributed by atoms with E-state index in [0.29, 0.717) is 25.9 Å². The van der Waals surface area contributed by atoms with Crippen LogP contribution in [0.1, 0.15) is 27.9 Å². The van der Waals surface area contributed by atoms with Crippen LogP contribution in [0.15, 0.2) is 53.4 Å². The van der Waals surface area contributed by atoms with Crippen LogP contribution in [-0.2, 0) is 42.4 Å². The quantitative estimate of drug-likeness (QED) is 0.594. The van der Waals surface area contributed by atoms with Crippen LogP contribution >= 0.6 is 0 Å². The van der Waals surface area contributed by atoms with Crippen molar-refractivity contribution in [1.82, 2.24) is 9.62 Å². The highest BCUT2D eigenvalue weighted by atomic mass is 32.2. The molecule has 2 heterocycles. The monoisotopic (exact) mass is 492 g/mol. The van der Waals surface area contributed by atoms with Gasteiger partial charge in [0.05, 0.1) is 22.0 Å². The molecule has 1 fully saturated rings. The molecule has 33 heavy (non-hydrogen) atoms. The highest BCUT2D eigenvalue weighted by molar-refractivity contribution is 7.91. The fraction of sp³-hybridized carbons (Fsp3) is 0.364. The molecule has 0 spiro atoms. The Morgan fingerprint density at radius 3 is 2.42 bits per heavy atom. The number of sulfonamides is 1. The molecule has 0 bridgehead atoms. The Balaban J connectivity index is 1.34. The molecule has 4 rings (SSSR count). The smallest absolute Gasteiger partial charge is 0.338 e. The molecule has 2 aliphatic heterocycles. The molecular weight excluding hydrogens is 468 g/mol. The highest BCUT2D eigenvalue weighted by Gasteiger charge is 2.30. The van der Waals surface area contributed by atoms with Crippen LogP contribution < -0.4 is 5.32 Å². The summed E-state index contributed by atoms with van der Waals surface area (Å²) in [7, 11) is -6.86. The van der Waals surface area contributed by atoms with E-state index >= 15 is 0 Å². The lowest BCUT2D eigenvalue weighted by Crippen LogP contribution is -2.38. The molecule has 1 amide bonds. The molecule has 1 saturated heterocycles. The van der Waals surface area contributed by atoms with Crippen LogP contribution in [0.2, 0.25) is 0 Å².